The molecule has 2 rings (SSSR count). The van der Waals surface area contributed by atoms with Gasteiger partial charge in [-0.3, -0.25) is 0 Å². The van der Waals surface area contributed by atoms with Crippen molar-refractivity contribution in [2.45, 2.75) is 44.1 Å². The van der Waals surface area contributed by atoms with E-state index in [1.54, 1.807) is 6.07 Å². The topological polar surface area (TPSA) is 23.5 Å². The summed E-state index contributed by atoms with van der Waals surface area (Å²) in [5.74, 6) is -0.200. The molecule has 0 aliphatic heterocycles. The first-order chi connectivity index (χ1) is 9.03. The Balaban J connectivity index is 0.00000200. The fourth-order valence-electron chi connectivity index (χ4n) is 2.88. The van der Waals surface area contributed by atoms with Crippen LogP contribution < -0.4 is 0 Å². The van der Waals surface area contributed by atoms with Gasteiger partial charge in [0.25, 0.3) is 0 Å². The Morgan fingerprint density at radius 2 is 1.85 bits per heavy atom. The van der Waals surface area contributed by atoms with Crippen molar-refractivity contribution in [1.29, 1.82) is 0 Å². The van der Waals surface area contributed by atoms with E-state index in [4.69, 9.17) is 0 Å². The first-order valence-corrected chi connectivity index (χ1v) is 7.18. The second-order valence-electron chi connectivity index (χ2n) is 5.92. The van der Waals surface area contributed by atoms with Gasteiger partial charge in [-0.25, -0.2) is 4.39 Å². The minimum Gasteiger partial charge on any atom is -0.385 e. The summed E-state index contributed by atoms with van der Waals surface area (Å²) in [4.78, 5) is 2.04. The van der Waals surface area contributed by atoms with Gasteiger partial charge in [-0.15, -0.1) is 12.4 Å². The monoisotopic (exact) mass is 301 g/mol. The van der Waals surface area contributed by atoms with Crippen molar-refractivity contribution in [3.63, 3.8) is 0 Å². The molecule has 0 atom stereocenters. The summed E-state index contributed by atoms with van der Waals surface area (Å²) < 4.78 is 14.6. The Morgan fingerprint density at radius 1 is 1.20 bits per heavy atom. The molecule has 0 spiro atoms. The van der Waals surface area contributed by atoms with Gasteiger partial charge in [0, 0.05) is 12.1 Å². The van der Waals surface area contributed by atoms with E-state index >= 15 is 0 Å². The van der Waals surface area contributed by atoms with Crippen LogP contribution >= 0.6 is 12.4 Å². The maximum Gasteiger partial charge on any atom is 0.132 e. The van der Waals surface area contributed by atoms with E-state index in [0.29, 0.717) is 30.4 Å². The molecule has 0 radical (unpaired) electrons. The van der Waals surface area contributed by atoms with Gasteiger partial charge < -0.3 is 10.0 Å². The first-order valence-electron chi connectivity index (χ1n) is 7.18. The van der Waals surface area contributed by atoms with Crippen LogP contribution in [0.2, 0.25) is 0 Å². The zero-order valence-corrected chi connectivity index (χ0v) is 13.2. The summed E-state index contributed by atoms with van der Waals surface area (Å²) in [6.07, 6.45) is 5.16. The zero-order valence-electron chi connectivity index (χ0n) is 12.4. The molecule has 1 aliphatic rings. The number of rotatable bonds is 4. The molecule has 1 aliphatic carbocycles. The minimum absolute atomic E-state index is 0. The van der Waals surface area contributed by atoms with Crippen LogP contribution in [0.1, 0.15) is 43.2 Å². The Bertz CT molecular complexity index is 430. The van der Waals surface area contributed by atoms with Crippen molar-refractivity contribution in [2.75, 3.05) is 20.6 Å². The van der Waals surface area contributed by atoms with Crippen LogP contribution in [0.3, 0.4) is 0 Å². The van der Waals surface area contributed by atoms with Gasteiger partial charge in [0.2, 0.25) is 0 Å². The van der Waals surface area contributed by atoms with Crippen LogP contribution in [-0.4, -0.2) is 30.6 Å². The van der Waals surface area contributed by atoms with Gasteiger partial charge in [0.05, 0.1) is 5.60 Å². The number of aliphatic hydroxyl groups is 1. The van der Waals surface area contributed by atoms with E-state index in [1.807, 2.05) is 31.1 Å². The first kappa shape index (κ1) is 17.4. The highest BCUT2D eigenvalue weighted by Crippen LogP contribution is 2.38. The number of likely N-dealkylation sites (N-methyl/N-ethyl adjacent to an activating group) is 1. The summed E-state index contributed by atoms with van der Waals surface area (Å²) in [5.41, 5.74) is 0.268. The van der Waals surface area contributed by atoms with Gasteiger partial charge in [-0.2, -0.15) is 0 Å². The minimum atomic E-state index is -0.948. The van der Waals surface area contributed by atoms with Gasteiger partial charge in [-0.05, 0) is 38.9 Å². The molecule has 1 saturated carbocycles. The molecule has 1 aromatic carbocycles. The average molecular weight is 302 g/mol. The summed E-state index contributed by atoms with van der Waals surface area (Å²) in [6.45, 7) is 0.818. The molecule has 1 N–H and O–H groups in total. The van der Waals surface area contributed by atoms with Crippen molar-refractivity contribution in [1.82, 2.24) is 4.90 Å². The van der Waals surface area contributed by atoms with Gasteiger partial charge in [-0.1, -0.05) is 37.5 Å². The van der Waals surface area contributed by atoms with E-state index in [9.17, 15) is 9.50 Å². The number of nitrogens with zero attached hydrogens (tertiary/aromatic N) is 1. The smallest absolute Gasteiger partial charge is 0.132 e. The third-order valence-electron chi connectivity index (χ3n) is 4.09. The largest absolute Gasteiger partial charge is 0.385 e. The van der Waals surface area contributed by atoms with Gasteiger partial charge in [0.1, 0.15) is 5.82 Å². The Hall–Kier alpha value is -0.640. The van der Waals surface area contributed by atoms with Crippen molar-refractivity contribution in [3.8, 4) is 0 Å². The number of hydrogen-bond donors (Lipinski definition) is 1. The molecule has 0 amide bonds. The molecular formula is C16H25ClFNO. The molecule has 1 aromatic rings. The molecule has 0 bridgehead atoms. The molecule has 20 heavy (non-hydrogen) atoms. The van der Waals surface area contributed by atoms with Crippen molar-refractivity contribution in [3.05, 3.63) is 35.1 Å². The highest BCUT2D eigenvalue weighted by atomic mass is 35.5. The van der Waals surface area contributed by atoms with E-state index in [2.05, 4.69) is 0 Å². The van der Waals surface area contributed by atoms with Crippen molar-refractivity contribution < 1.29 is 9.50 Å². The molecule has 4 heteroatoms. The standard InChI is InChI=1S/C16H24FNO.ClH/c1-18(2)12-9-13-7-6-8-14(15(13)17)16(19)10-4-3-5-11-16;/h6-8,19H,3-5,9-12H2,1-2H3;1H. The van der Waals surface area contributed by atoms with E-state index < -0.39 is 5.60 Å². The highest BCUT2D eigenvalue weighted by Gasteiger charge is 2.34. The second-order valence-corrected chi connectivity index (χ2v) is 5.92. The van der Waals surface area contributed by atoms with E-state index in [0.717, 1.165) is 25.8 Å². The normalized spacial score (nSPS) is 17.9. The average Bonchev–Trinajstić information content (AvgIpc) is 2.38. The zero-order chi connectivity index (χ0) is 13.9. The molecule has 0 saturated heterocycles. The van der Waals surface area contributed by atoms with Gasteiger partial charge >= 0.3 is 0 Å². The Labute approximate surface area is 127 Å². The fraction of sp³-hybridized carbons (Fsp3) is 0.625. The number of benzene rings is 1. The Kier molecular flexibility index (Phi) is 6.44. The van der Waals surface area contributed by atoms with Crippen molar-refractivity contribution >= 4 is 12.4 Å². The lowest BCUT2D eigenvalue weighted by atomic mass is 9.79. The highest BCUT2D eigenvalue weighted by molar-refractivity contribution is 5.85. The lowest BCUT2D eigenvalue weighted by Crippen LogP contribution is -2.30. The van der Waals surface area contributed by atoms with Crippen LogP contribution in [0.5, 0.6) is 0 Å². The lowest BCUT2D eigenvalue weighted by Gasteiger charge is -2.33. The lowest BCUT2D eigenvalue weighted by molar-refractivity contribution is -0.00387. The van der Waals surface area contributed by atoms with Crippen LogP contribution in [0, 0.1) is 5.82 Å². The Morgan fingerprint density at radius 3 is 2.45 bits per heavy atom. The SMILES string of the molecule is CN(C)CCc1cccc(C2(O)CCCCC2)c1F.Cl. The molecule has 2 nitrogen and oxygen atoms in total. The van der Waals surface area contributed by atoms with E-state index in [1.165, 1.54) is 0 Å². The van der Waals surface area contributed by atoms with Crippen LogP contribution in [0.25, 0.3) is 0 Å². The third kappa shape index (κ3) is 3.94. The maximum atomic E-state index is 14.6. The predicted octanol–water partition coefficient (Wildman–Crippen LogP) is 3.50. The second kappa shape index (κ2) is 7.39. The van der Waals surface area contributed by atoms with Gasteiger partial charge in [0.15, 0.2) is 0 Å². The molecule has 114 valence electrons. The molecule has 0 aromatic heterocycles. The fourth-order valence-corrected chi connectivity index (χ4v) is 2.88. The van der Waals surface area contributed by atoms with E-state index in [-0.39, 0.29) is 18.2 Å². The van der Waals surface area contributed by atoms with Crippen LogP contribution in [0.15, 0.2) is 18.2 Å². The maximum absolute atomic E-state index is 14.6. The molecule has 1 fully saturated rings. The molecule has 0 unspecified atom stereocenters. The quantitative estimate of drug-likeness (QED) is 0.920. The summed E-state index contributed by atoms with van der Waals surface area (Å²) in [7, 11) is 3.97. The van der Waals surface area contributed by atoms with Crippen LogP contribution in [0.4, 0.5) is 4.39 Å². The number of halogens is 2. The molecule has 0 heterocycles. The summed E-state index contributed by atoms with van der Waals surface area (Å²) in [6, 6.07) is 5.45. The third-order valence-corrected chi connectivity index (χ3v) is 4.09. The predicted molar refractivity (Wildman–Crippen MR) is 82.9 cm³/mol. The molecular weight excluding hydrogens is 277 g/mol. The van der Waals surface area contributed by atoms with Crippen LogP contribution in [-0.2, 0) is 12.0 Å². The number of hydrogen-bond acceptors (Lipinski definition) is 2. The summed E-state index contributed by atoms with van der Waals surface area (Å²) >= 11 is 0. The summed E-state index contributed by atoms with van der Waals surface area (Å²) in [5, 5.41) is 10.7. The van der Waals surface area contributed by atoms with Crippen molar-refractivity contribution in [2.24, 2.45) is 0 Å².